The number of nitrogens with zero attached hydrogens (tertiary/aromatic N) is 1. The molecule has 1 N–H and O–H groups in total. The zero-order valence-corrected chi connectivity index (χ0v) is 13.9. The van der Waals surface area contributed by atoms with E-state index in [-0.39, 0.29) is 23.8 Å². The lowest BCUT2D eigenvalue weighted by Gasteiger charge is -2.32. The van der Waals surface area contributed by atoms with E-state index in [9.17, 15) is 9.59 Å². The molecule has 1 aliphatic heterocycles. The van der Waals surface area contributed by atoms with Gasteiger partial charge in [-0.25, -0.2) is 0 Å². The highest BCUT2D eigenvalue weighted by atomic mass is 35.5. The smallest absolute Gasteiger partial charge is 0.225 e. The summed E-state index contributed by atoms with van der Waals surface area (Å²) >= 11 is 5.98. The number of carbonyl (C=O) groups is 2. The third-order valence-electron chi connectivity index (χ3n) is 4.06. The minimum Gasteiger partial charge on any atom is -0.353 e. The maximum absolute atomic E-state index is 12.4. The molecular formula is C17H23ClN2O2. The fourth-order valence-electron chi connectivity index (χ4n) is 2.91. The van der Waals surface area contributed by atoms with Crippen LogP contribution in [-0.4, -0.2) is 35.8 Å². The standard InChI is InChI=1S/C17H23ClN2O2/c1-12(9-14-5-3-7-16(18)10-14)19-17(22)15-6-4-8-20(11-15)13(2)21/h3,5,7,10,12,15H,4,6,8-9,11H2,1-2H3,(H,19,22)/t12-,15+/m0/s1. The number of piperidine rings is 1. The molecule has 1 fully saturated rings. The van der Waals surface area contributed by atoms with E-state index in [1.807, 2.05) is 31.2 Å². The quantitative estimate of drug-likeness (QED) is 0.926. The minimum atomic E-state index is -0.0977. The molecule has 0 aromatic heterocycles. The summed E-state index contributed by atoms with van der Waals surface area (Å²) in [6.07, 6.45) is 2.48. The molecule has 1 aromatic carbocycles. The normalized spacial score (nSPS) is 19.6. The Bertz CT molecular complexity index is 547. The molecule has 1 saturated heterocycles. The van der Waals surface area contributed by atoms with Gasteiger partial charge in [0.2, 0.25) is 11.8 Å². The van der Waals surface area contributed by atoms with Crippen LogP contribution in [0.4, 0.5) is 0 Å². The van der Waals surface area contributed by atoms with Crippen LogP contribution in [0.1, 0.15) is 32.3 Å². The Labute approximate surface area is 136 Å². The van der Waals surface area contributed by atoms with E-state index in [0.29, 0.717) is 11.6 Å². The van der Waals surface area contributed by atoms with Crippen molar-refractivity contribution in [3.05, 3.63) is 34.9 Å². The second-order valence-electron chi connectivity index (χ2n) is 6.05. The molecule has 0 spiro atoms. The Kier molecular flexibility index (Phi) is 5.83. The van der Waals surface area contributed by atoms with E-state index in [2.05, 4.69) is 5.32 Å². The number of rotatable bonds is 4. The molecule has 2 rings (SSSR count). The van der Waals surface area contributed by atoms with E-state index in [4.69, 9.17) is 11.6 Å². The predicted octanol–water partition coefficient (Wildman–Crippen LogP) is 2.65. The molecule has 0 unspecified atom stereocenters. The van der Waals surface area contributed by atoms with Gasteiger partial charge in [-0.15, -0.1) is 0 Å². The molecule has 1 aromatic rings. The van der Waals surface area contributed by atoms with Gasteiger partial charge >= 0.3 is 0 Å². The molecule has 0 aliphatic carbocycles. The second-order valence-corrected chi connectivity index (χ2v) is 6.48. The molecular weight excluding hydrogens is 300 g/mol. The van der Waals surface area contributed by atoms with Gasteiger partial charge in [-0.3, -0.25) is 9.59 Å². The maximum atomic E-state index is 12.4. The summed E-state index contributed by atoms with van der Waals surface area (Å²) in [6, 6.07) is 7.72. The first-order chi connectivity index (χ1) is 10.5. The van der Waals surface area contributed by atoms with E-state index >= 15 is 0 Å². The lowest BCUT2D eigenvalue weighted by molar-refractivity contribution is -0.134. The van der Waals surface area contributed by atoms with Gasteiger partial charge in [-0.1, -0.05) is 23.7 Å². The van der Waals surface area contributed by atoms with Crippen molar-refractivity contribution in [1.29, 1.82) is 0 Å². The van der Waals surface area contributed by atoms with Crippen molar-refractivity contribution in [3.63, 3.8) is 0 Å². The average molecular weight is 323 g/mol. The molecule has 0 saturated carbocycles. The number of carbonyl (C=O) groups excluding carboxylic acids is 2. The molecule has 120 valence electrons. The average Bonchev–Trinajstić information content (AvgIpc) is 2.47. The van der Waals surface area contributed by atoms with Crippen LogP contribution in [0, 0.1) is 5.92 Å². The highest BCUT2D eigenvalue weighted by molar-refractivity contribution is 6.30. The molecule has 2 amide bonds. The maximum Gasteiger partial charge on any atom is 0.225 e. The fourth-order valence-corrected chi connectivity index (χ4v) is 3.12. The largest absolute Gasteiger partial charge is 0.353 e. The lowest BCUT2D eigenvalue weighted by Crippen LogP contribution is -2.46. The minimum absolute atomic E-state index is 0.0404. The highest BCUT2D eigenvalue weighted by Crippen LogP contribution is 2.17. The number of hydrogen-bond donors (Lipinski definition) is 1. The van der Waals surface area contributed by atoms with Gasteiger partial charge in [-0.05, 0) is 43.9 Å². The van der Waals surface area contributed by atoms with Crippen molar-refractivity contribution < 1.29 is 9.59 Å². The fraction of sp³-hybridized carbons (Fsp3) is 0.529. The number of amides is 2. The van der Waals surface area contributed by atoms with Gasteiger partial charge in [0, 0.05) is 31.1 Å². The molecule has 1 heterocycles. The van der Waals surface area contributed by atoms with Crippen molar-refractivity contribution in [1.82, 2.24) is 10.2 Å². The van der Waals surface area contributed by atoms with Crippen molar-refractivity contribution in [2.75, 3.05) is 13.1 Å². The van der Waals surface area contributed by atoms with Crippen LogP contribution in [-0.2, 0) is 16.0 Å². The van der Waals surface area contributed by atoms with Gasteiger partial charge in [-0.2, -0.15) is 0 Å². The van der Waals surface area contributed by atoms with Gasteiger partial charge < -0.3 is 10.2 Å². The SMILES string of the molecule is CC(=O)N1CCC[C@@H](C(=O)N[C@@H](C)Cc2cccc(Cl)c2)C1. The molecule has 2 atom stereocenters. The molecule has 0 bridgehead atoms. The lowest BCUT2D eigenvalue weighted by atomic mass is 9.96. The van der Waals surface area contributed by atoms with E-state index < -0.39 is 0 Å². The van der Waals surface area contributed by atoms with Crippen LogP contribution in [0.2, 0.25) is 5.02 Å². The van der Waals surface area contributed by atoms with Crippen LogP contribution in [0.5, 0.6) is 0 Å². The first-order valence-corrected chi connectivity index (χ1v) is 8.14. The Balaban J connectivity index is 1.86. The zero-order valence-electron chi connectivity index (χ0n) is 13.1. The summed E-state index contributed by atoms with van der Waals surface area (Å²) in [5.41, 5.74) is 1.11. The van der Waals surface area contributed by atoms with Gasteiger partial charge in [0.15, 0.2) is 0 Å². The van der Waals surface area contributed by atoms with E-state index in [0.717, 1.165) is 31.4 Å². The Morgan fingerprint density at radius 1 is 1.45 bits per heavy atom. The summed E-state index contributed by atoms with van der Waals surface area (Å²) < 4.78 is 0. The number of halogens is 1. The summed E-state index contributed by atoms with van der Waals surface area (Å²) in [6.45, 7) is 4.84. The Hall–Kier alpha value is -1.55. The third kappa shape index (κ3) is 4.73. The van der Waals surface area contributed by atoms with Gasteiger partial charge in [0.05, 0.1) is 5.92 Å². The molecule has 22 heavy (non-hydrogen) atoms. The van der Waals surface area contributed by atoms with Crippen LogP contribution in [0.25, 0.3) is 0 Å². The van der Waals surface area contributed by atoms with E-state index in [1.54, 1.807) is 11.8 Å². The molecule has 4 nitrogen and oxygen atoms in total. The zero-order chi connectivity index (χ0) is 16.1. The summed E-state index contributed by atoms with van der Waals surface area (Å²) in [7, 11) is 0. The Morgan fingerprint density at radius 3 is 2.91 bits per heavy atom. The number of hydrogen-bond acceptors (Lipinski definition) is 2. The van der Waals surface area contributed by atoms with Crippen LogP contribution >= 0.6 is 11.6 Å². The topological polar surface area (TPSA) is 49.4 Å². The Morgan fingerprint density at radius 2 is 2.23 bits per heavy atom. The summed E-state index contributed by atoms with van der Waals surface area (Å²) in [5.74, 6) is -0.00980. The first-order valence-electron chi connectivity index (χ1n) is 7.76. The van der Waals surface area contributed by atoms with Crippen molar-refractivity contribution >= 4 is 23.4 Å². The van der Waals surface area contributed by atoms with E-state index in [1.165, 1.54) is 0 Å². The third-order valence-corrected chi connectivity index (χ3v) is 4.29. The number of benzene rings is 1. The highest BCUT2D eigenvalue weighted by Gasteiger charge is 2.27. The molecule has 1 aliphatic rings. The number of nitrogens with one attached hydrogen (secondary N) is 1. The number of likely N-dealkylation sites (tertiary alicyclic amines) is 1. The van der Waals surface area contributed by atoms with Crippen LogP contribution in [0.3, 0.4) is 0 Å². The van der Waals surface area contributed by atoms with Crippen molar-refractivity contribution in [2.45, 2.75) is 39.2 Å². The van der Waals surface area contributed by atoms with Crippen molar-refractivity contribution in [2.24, 2.45) is 5.92 Å². The van der Waals surface area contributed by atoms with Crippen LogP contribution < -0.4 is 5.32 Å². The second kappa shape index (κ2) is 7.63. The van der Waals surface area contributed by atoms with Gasteiger partial charge in [0.25, 0.3) is 0 Å². The van der Waals surface area contributed by atoms with Gasteiger partial charge in [0.1, 0.15) is 0 Å². The summed E-state index contributed by atoms with van der Waals surface area (Å²) in [4.78, 5) is 25.6. The first kappa shape index (κ1) is 16.8. The predicted molar refractivity (Wildman–Crippen MR) is 87.7 cm³/mol. The summed E-state index contributed by atoms with van der Waals surface area (Å²) in [5, 5.41) is 3.77. The molecule has 0 radical (unpaired) electrons. The van der Waals surface area contributed by atoms with Crippen molar-refractivity contribution in [3.8, 4) is 0 Å². The monoisotopic (exact) mass is 322 g/mol. The molecule has 5 heteroatoms. The van der Waals surface area contributed by atoms with Crippen LogP contribution in [0.15, 0.2) is 24.3 Å².